The van der Waals surface area contributed by atoms with Crippen molar-refractivity contribution in [3.63, 3.8) is 0 Å². The molecule has 3 saturated carbocycles. The number of hydrogen-bond acceptors (Lipinski definition) is 8. The van der Waals surface area contributed by atoms with Crippen LogP contribution in [-0.4, -0.2) is 79.8 Å². The highest BCUT2D eigenvalue weighted by Gasteiger charge is 2.62. The first-order valence-electron chi connectivity index (χ1n) is 16.5. The Morgan fingerprint density at radius 1 is 1.09 bits per heavy atom. The first kappa shape index (κ1) is 34.9. The van der Waals surface area contributed by atoms with Crippen LogP contribution in [0.5, 0.6) is 0 Å². The molecule has 4 fully saturated rings. The van der Waals surface area contributed by atoms with Crippen LogP contribution in [0.25, 0.3) is 0 Å². The summed E-state index contributed by atoms with van der Waals surface area (Å²) >= 11 is 0. The number of sulfonamides is 1. The summed E-state index contributed by atoms with van der Waals surface area (Å²) in [6, 6.07) is 5.46. The van der Waals surface area contributed by atoms with Crippen LogP contribution < -0.4 is 15.4 Å². The van der Waals surface area contributed by atoms with Crippen molar-refractivity contribution in [1.29, 1.82) is 0 Å². The molecule has 0 radical (unpaired) electrons. The van der Waals surface area contributed by atoms with Crippen LogP contribution in [0.3, 0.4) is 0 Å². The predicted molar refractivity (Wildman–Crippen MR) is 174 cm³/mol. The molecule has 3 aliphatic carbocycles. The van der Waals surface area contributed by atoms with Crippen LogP contribution in [0.2, 0.25) is 0 Å². The highest BCUT2D eigenvalue weighted by atomic mass is 32.2. The lowest BCUT2D eigenvalue weighted by molar-refractivity contribution is -0.143. The van der Waals surface area contributed by atoms with Crippen molar-refractivity contribution < 1.29 is 37.1 Å². The van der Waals surface area contributed by atoms with Gasteiger partial charge in [0.1, 0.15) is 29.3 Å². The third kappa shape index (κ3) is 7.20. The Kier molecular flexibility index (Phi) is 9.55. The highest BCUT2D eigenvalue weighted by Crippen LogP contribution is 2.46. The predicted octanol–water partition coefficient (Wildman–Crippen LogP) is 3.19. The van der Waals surface area contributed by atoms with Crippen molar-refractivity contribution in [3.05, 3.63) is 48.0 Å². The topological polar surface area (TPSA) is 160 Å². The van der Waals surface area contributed by atoms with Crippen LogP contribution in [0, 0.1) is 18.3 Å². The Morgan fingerprint density at radius 3 is 2.32 bits per heavy atom. The van der Waals surface area contributed by atoms with E-state index < -0.39 is 73.6 Å². The molecule has 5 atom stereocenters. The molecule has 12 nitrogen and oxygen atoms in total. The maximum Gasteiger partial charge on any atom is 0.408 e. The second kappa shape index (κ2) is 12.9. The Morgan fingerprint density at radius 2 is 1.77 bits per heavy atom. The molecule has 5 rings (SSSR count). The van der Waals surface area contributed by atoms with E-state index in [9.17, 15) is 27.6 Å². The molecule has 1 saturated heterocycles. The third-order valence-electron chi connectivity index (χ3n) is 10.0. The van der Waals surface area contributed by atoms with Gasteiger partial charge in [-0.2, -0.15) is 0 Å². The quantitative estimate of drug-likeness (QED) is 0.302. The number of hydrogen-bond donors (Lipinski definition) is 3. The minimum absolute atomic E-state index is 0.00402. The molecule has 0 bridgehead atoms. The Labute approximate surface area is 277 Å². The molecule has 1 aromatic rings. The monoisotopic (exact) mass is 672 g/mol. The van der Waals surface area contributed by atoms with E-state index in [0.717, 1.165) is 36.8 Å². The zero-order valence-corrected chi connectivity index (χ0v) is 28.8. The molecule has 0 unspecified atom stereocenters. The van der Waals surface area contributed by atoms with Crippen molar-refractivity contribution in [2.45, 2.75) is 114 Å². The first-order chi connectivity index (χ1) is 22.0. The minimum atomic E-state index is -3.87. The molecule has 1 aliphatic heterocycles. The summed E-state index contributed by atoms with van der Waals surface area (Å²) in [5.74, 6) is -2.45. The molecule has 1 aromatic carbocycles. The molecule has 258 valence electrons. The van der Waals surface area contributed by atoms with Gasteiger partial charge in [-0.1, -0.05) is 56.7 Å². The van der Waals surface area contributed by atoms with E-state index in [1.807, 2.05) is 52.0 Å². The lowest BCUT2D eigenvalue weighted by atomic mass is 9.85. The summed E-state index contributed by atoms with van der Waals surface area (Å²) in [5.41, 5.74) is -1.63. The minimum Gasteiger partial charge on any atom is -0.446 e. The van der Waals surface area contributed by atoms with Crippen molar-refractivity contribution in [2.24, 2.45) is 11.3 Å². The van der Waals surface area contributed by atoms with Gasteiger partial charge in [0.05, 0.1) is 11.8 Å². The van der Waals surface area contributed by atoms with Crippen molar-refractivity contribution in [2.75, 3.05) is 13.7 Å². The van der Waals surface area contributed by atoms with Crippen LogP contribution in [-0.2, 0) is 39.5 Å². The van der Waals surface area contributed by atoms with Gasteiger partial charge in [0.2, 0.25) is 21.8 Å². The third-order valence-corrected chi connectivity index (χ3v) is 11.9. The molecule has 1 heterocycles. The normalized spacial score (nSPS) is 28.3. The fourth-order valence-electron chi connectivity index (χ4n) is 6.88. The molecule has 0 aromatic heterocycles. The van der Waals surface area contributed by atoms with E-state index in [1.165, 1.54) is 18.1 Å². The lowest BCUT2D eigenvalue weighted by Gasteiger charge is -2.36. The fraction of sp³-hybridized carbons (Fsp3) is 0.647. The number of methoxy groups -OCH3 is 1. The summed E-state index contributed by atoms with van der Waals surface area (Å²) in [7, 11) is -2.35. The Bertz CT molecular complexity index is 1530. The van der Waals surface area contributed by atoms with E-state index in [0.29, 0.717) is 12.8 Å². The molecule has 4 amide bonds. The maximum absolute atomic E-state index is 14.5. The number of rotatable bonds is 11. The van der Waals surface area contributed by atoms with E-state index in [2.05, 4.69) is 21.9 Å². The first-order valence-corrected chi connectivity index (χ1v) is 18.0. The Balaban J connectivity index is 1.45. The van der Waals surface area contributed by atoms with E-state index in [1.54, 1.807) is 0 Å². The molecule has 3 N–H and O–H groups in total. The number of ether oxygens (including phenoxy) is 2. The second-order valence-corrected chi connectivity index (χ2v) is 16.7. The summed E-state index contributed by atoms with van der Waals surface area (Å²) < 4.78 is 39.2. The molecule has 0 spiro atoms. The zero-order valence-electron chi connectivity index (χ0n) is 28.0. The maximum atomic E-state index is 14.5. The number of benzene rings is 1. The number of alkyl carbamates (subject to hydrolysis) is 1. The van der Waals surface area contributed by atoms with Crippen LogP contribution in [0.4, 0.5) is 4.79 Å². The van der Waals surface area contributed by atoms with Gasteiger partial charge in [-0.05, 0) is 62.8 Å². The van der Waals surface area contributed by atoms with E-state index in [4.69, 9.17) is 9.47 Å². The smallest absolute Gasteiger partial charge is 0.408 e. The number of carbonyl (C=O) groups excluding carboxylic acids is 4. The number of nitrogens with one attached hydrogen (secondary N) is 3. The van der Waals surface area contributed by atoms with Crippen LogP contribution >= 0.6 is 0 Å². The highest BCUT2D eigenvalue weighted by molar-refractivity contribution is 7.91. The molecule has 13 heteroatoms. The van der Waals surface area contributed by atoms with Crippen LogP contribution in [0.15, 0.2) is 36.9 Å². The van der Waals surface area contributed by atoms with Crippen molar-refractivity contribution in [1.82, 2.24) is 20.3 Å². The standard InChI is InChI=1S/C34H48N4O8S/c1-7-22-18-34(22,30(41)37-47(43,44)25-15-16-25)36-28(39)26-19-33(45-6,23-12-10-11-21(2)17-23)20-38(26)29(40)27(32(3,4)5)35-31(42)46-24-13-8-9-14-24/h7,10-12,17,22,24-27H,1,8-9,13-16,18-20H2,2-6H3,(H,35,42)(H,36,39)(H,37,41)/t22-,26+,27-,33+,34-/m1/s1. The summed E-state index contributed by atoms with van der Waals surface area (Å²) in [6.45, 7) is 11.2. The average Bonchev–Trinajstić information content (AvgIpc) is 3.89. The summed E-state index contributed by atoms with van der Waals surface area (Å²) in [4.78, 5) is 56.7. The number of nitrogens with zero attached hydrogens (tertiary/aromatic N) is 1. The number of aryl methyl sites for hydroxylation is 1. The lowest BCUT2D eigenvalue weighted by Crippen LogP contribution is -2.60. The largest absolute Gasteiger partial charge is 0.446 e. The fourth-order valence-corrected chi connectivity index (χ4v) is 8.25. The molecular formula is C34H48N4O8S. The average molecular weight is 673 g/mol. The summed E-state index contributed by atoms with van der Waals surface area (Å²) in [6.07, 6.45) is 5.28. The van der Waals surface area contributed by atoms with E-state index in [-0.39, 0.29) is 25.5 Å². The van der Waals surface area contributed by atoms with Gasteiger partial charge in [-0.15, -0.1) is 6.58 Å². The summed E-state index contributed by atoms with van der Waals surface area (Å²) in [5, 5.41) is 4.98. The number of amides is 4. The molecular weight excluding hydrogens is 624 g/mol. The van der Waals surface area contributed by atoms with Gasteiger partial charge < -0.3 is 25.0 Å². The van der Waals surface area contributed by atoms with Crippen LogP contribution in [0.1, 0.15) is 83.3 Å². The van der Waals surface area contributed by atoms with Crippen molar-refractivity contribution in [3.8, 4) is 0 Å². The zero-order chi connectivity index (χ0) is 34.4. The van der Waals surface area contributed by atoms with Gasteiger partial charge in [-0.3, -0.25) is 19.1 Å². The van der Waals surface area contributed by atoms with Gasteiger partial charge >= 0.3 is 6.09 Å². The number of carbonyl (C=O) groups is 4. The number of likely N-dealkylation sites (tertiary alicyclic amines) is 1. The molecule has 4 aliphatic rings. The SMILES string of the molecule is C=C[C@@H]1C[C@]1(NC(=O)[C@@H]1C[C@@](OC)(c2cccc(C)c2)CN1C(=O)[C@@H](NC(=O)OC1CCCC1)C(C)(C)C)C(=O)NS(=O)(=O)C1CC1. The van der Waals surface area contributed by atoms with Crippen molar-refractivity contribution >= 4 is 33.8 Å². The van der Waals surface area contributed by atoms with E-state index >= 15 is 0 Å². The molecule has 47 heavy (non-hydrogen) atoms. The Hall–Kier alpha value is -3.45. The van der Waals surface area contributed by atoms with Gasteiger partial charge in [0.15, 0.2) is 0 Å². The van der Waals surface area contributed by atoms with Gasteiger partial charge in [0.25, 0.3) is 5.91 Å². The second-order valence-electron chi connectivity index (χ2n) is 14.7. The van der Waals surface area contributed by atoms with Gasteiger partial charge in [-0.25, -0.2) is 13.2 Å². The van der Waals surface area contributed by atoms with Gasteiger partial charge in [0, 0.05) is 19.4 Å².